The fraction of sp³-hybridized carbons (Fsp3) is 0.400. The normalized spacial score (nSPS) is 12.7. The average molecular weight is 293 g/mol. The van der Waals surface area contributed by atoms with Gasteiger partial charge in [-0.15, -0.1) is 0 Å². The number of rotatable bonds is 8. The predicted molar refractivity (Wildman–Crippen MR) is 77.4 cm³/mol. The highest BCUT2D eigenvalue weighted by Gasteiger charge is 2.20. The average Bonchev–Trinajstić information content (AvgIpc) is 2.84. The van der Waals surface area contributed by atoms with E-state index in [2.05, 4.69) is 5.32 Å². The molecule has 1 atom stereocenters. The summed E-state index contributed by atoms with van der Waals surface area (Å²) < 4.78 is 10.5. The third-order valence-corrected chi connectivity index (χ3v) is 3.31. The molecule has 0 saturated carbocycles. The van der Waals surface area contributed by atoms with E-state index in [1.807, 2.05) is 12.1 Å². The fourth-order valence-electron chi connectivity index (χ4n) is 2.29. The van der Waals surface area contributed by atoms with Crippen molar-refractivity contribution in [3.8, 4) is 0 Å². The number of hydrogen-bond acceptors (Lipinski definition) is 5. The summed E-state index contributed by atoms with van der Waals surface area (Å²) in [6.07, 6.45) is 0.534. The van der Waals surface area contributed by atoms with Gasteiger partial charge in [-0.05, 0) is 12.5 Å². The first-order chi connectivity index (χ1) is 10.2. The number of ether oxygens (including phenoxy) is 1. The van der Waals surface area contributed by atoms with E-state index in [9.17, 15) is 9.90 Å². The number of nitrogens with one attached hydrogen (secondary N) is 1. The second-order valence-corrected chi connectivity index (χ2v) is 4.76. The van der Waals surface area contributed by atoms with Crippen molar-refractivity contribution < 1.29 is 24.2 Å². The maximum atomic E-state index is 11.3. The maximum Gasteiger partial charge on any atom is 0.372 e. The van der Waals surface area contributed by atoms with E-state index in [0.29, 0.717) is 30.7 Å². The van der Waals surface area contributed by atoms with Crippen LogP contribution in [0.2, 0.25) is 0 Å². The number of carbonyl (C=O) groups is 1. The Morgan fingerprint density at radius 1 is 1.43 bits per heavy atom. The van der Waals surface area contributed by atoms with Crippen molar-refractivity contribution in [1.29, 1.82) is 0 Å². The highest BCUT2D eigenvalue weighted by atomic mass is 16.5. The maximum absolute atomic E-state index is 11.3. The number of carboxylic acid groups (broad SMARTS) is 1. The van der Waals surface area contributed by atoms with E-state index in [1.54, 1.807) is 19.2 Å². The third kappa shape index (κ3) is 3.60. The Bertz CT molecular complexity index is 601. The van der Waals surface area contributed by atoms with Crippen molar-refractivity contribution in [2.75, 3.05) is 20.3 Å². The lowest BCUT2D eigenvalue weighted by Gasteiger charge is -2.16. The van der Waals surface area contributed by atoms with E-state index in [-0.39, 0.29) is 18.4 Å². The summed E-state index contributed by atoms with van der Waals surface area (Å²) in [6, 6.07) is 7.17. The second kappa shape index (κ2) is 7.21. The minimum Gasteiger partial charge on any atom is -0.475 e. The standard InChI is InChI=1S/C15H19NO5/c1-20-9-10(6-7-17)16-8-12-11-4-2-3-5-13(11)21-14(12)15(18)19/h2-5,10,16-17H,6-9H2,1H3,(H,18,19). The van der Waals surface area contributed by atoms with Crippen LogP contribution in [0.1, 0.15) is 22.5 Å². The minimum atomic E-state index is -1.09. The highest BCUT2D eigenvalue weighted by Crippen LogP contribution is 2.26. The molecule has 1 aromatic heterocycles. The highest BCUT2D eigenvalue weighted by molar-refractivity contribution is 5.95. The van der Waals surface area contributed by atoms with Gasteiger partial charge in [0.05, 0.1) is 6.61 Å². The van der Waals surface area contributed by atoms with Gasteiger partial charge in [-0.1, -0.05) is 18.2 Å². The molecule has 0 aliphatic heterocycles. The third-order valence-electron chi connectivity index (χ3n) is 3.31. The van der Waals surface area contributed by atoms with Crippen LogP contribution in [0, 0.1) is 0 Å². The quantitative estimate of drug-likeness (QED) is 0.685. The first kappa shape index (κ1) is 15.5. The lowest BCUT2D eigenvalue weighted by molar-refractivity contribution is 0.0662. The Hall–Kier alpha value is -1.89. The second-order valence-electron chi connectivity index (χ2n) is 4.76. The summed E-state index contributed by atoms with van der Waals surface area (Å²) in [7, 11) is 1.59. The Kier molecular flexibility index (Phi) is 5.32. The van der Waals surface area contributed by atoms with Gasteiger partial charge in [-0.25, -0.2) is 4.79 Å². The number of fused-ring (bicyclic) bond motifs is 1. The number of aliphatic hydroxyl groups is 1. The molecule has 0 saturated heterocycles. The van der Waals surface area contributed by atoms with Crippen molar-refractivity contribution in [2.24, 2.45) is 0 Å². The molecule has 0 amide bonds. The molecule has 21 heavy (non-hydrogen) atoms. The van der Waals surface area contributed by atoms with Crippen LogP contribution >= 0.6 is 0 Å². The molecule has 0 aliphatic carbocycles. The molecule has 1 heterocycles. The van der Waals surface area contributed by atoms with Gasteiger partial charge in [-0.3, -0.25) is 0 Å². The molecule has 2 aromatic rings. The molecule has 0 aliphatic rings. The zero-order chi connectivity index (χ0) is 15.2. The van der Waals surface area contributed by atoms with Crippen LogP contribution in [0.25, 0.3) is 11.0 Å². The molecule has 0 bridgehead atoms. The van der Waals surface area contributed by atoms with E-state index in [4.69, 9.17) is 14.3 Å². The SMILES string of the molecule is COCC(CCO)NCc1c(C(=O)O)oc2ccccc12. The number of methoxy groups -OCH3 is 1. The van der Waals surface area contributed by atoms with Gasteiger partial charge in [0.1, 0.15) is 5.58 Å². The molecule has 1 aromatic carbocycles. The van der Waals surface area contributed by atoms with Crippen LogP contribution < -0.4 is 5.32 Å². The van der Waals surface area contributed by atoms with Gasteiger partial charge in [0.2, 0.25) is 5.76 Å². The number of hydrogen-bond donors (Lipinski definition) is 3. The van der Waals surface area contributed by atoms with Gasteiger partial charge < -0.3 is 24.7 Å². The van der Waals surface area contributed by atoms with Crippen molar-refractivity contribution in [2.45, 2.75) is 19.0 Å². The van der Waals surface area contributed by atoms with Gasteiger partial charge >= 0.3 is 5.97 Å². The molecule has 0 fully saturated rings. The van der Waals surface area contributed by atoms with Crippen molar-refractivity contribution in [1.82, 2.24) is 5.32 Å². The summed E-state index contributed by atoms with van der Waals surface area (Å²) in [6.45, 7) is 0.824. The Morgan fingerprint density at radius 2 is 2.19 bits per heavy atom. The predicted octanol–water partition coefficient (Wildman–Crippen LogP) is 1.62. The van der Waals surface area contributed by atoms with Gasteiger partial charge in [-0.2, -0.15) is 0 Å². The molecule has 114 valence electrons. The van der Waals surface area contributed by atoms with Gasteiger partial charge in [0.25, 0.3) is 0 Å². The summed E-state index contributed by atoms with van der Waals surface area (Å²) in [5.41, 5.74) is 1.16. The van der Waals surface area contributed by atoms with Gasteiger partial charge in [0, 0.05) is 37.3 Å². The van der Waals surface area contributed by atoms with E-state index >= 15 is 0 Å². The van der Waals surface area contributed by atoms with Crippen molar-refractivity contribution in [3.63, 3.8) is 0 Å². The summed E-state index contributed by atoms with van der Waals surface area (Å²) in [5.74, 6) is -1.14. The summed E-state index contributed by atoms with van der Waals surface area (Å²) in [4.78, 5) is 11.3. The number of furan rings is 1. The van der Waals surface area contributed by atoms with E-state index in [1.165, 1.54) is 0 Å². The van der Waals surface area contributed by atoms with E-state index in [0.717, 1.165) is 5.39 Å². The molecule has 0 spiro atoms. The molecular weight excluding hydrogens is 274 g/mol. The number of aliphatic hydroxyl groups excluding tert-OH is 1. The number of aromatic carboxylic acids is 1. The van der Waals surface area contributed by atoms with E-state index < -0.39 is 5.97 Å². The van der Waals surface area contributed by atoms with Crippen LogP contribution in [0.3, 0.4) is 0 Å². The monoisotopic (exact) mass is 293 g/mol. The summed E-state index contributed by atoms with van der Waals surface area (Å²) in [5, 5.41) is 22.3. The first-order valence-electron chi connectivity index (χ1n) is 6.74. The molecule has 1 unspecified atom stereocenters. The molecule has 6 heteroatoms. The number of carboxylic acids is 1. The lowest BCUT2D eigenvalue weighted by Crippen LogP contribution is -2.33. The largest absolute Gasteiger partial charge is 0.475 e. The Morgan fingerprint density at radius 3 is 2.86 bits per heavy atom. The molecule has 6 nitrogen and oxygen atoms in total. The number of para-hydroxylation sites is 1. The molecule has 0 radical (unpaired) electrons. The smallest absolute Gasteiger partial charge is 0.372 e. The zero-order valence-corrected chi connectivity index (χ0v) is 11.8. The lowest BCUT2D eigenvalue weighted by atomic mass is 10.1. The minimum absolute atomic E-state index is 0.0406. The Labute approximate surface area is 122 Å². The zero-order valence-electron chi connectivity index (χ0n) is 11.8. The molecule has 2 rings (SSSR count). The van der Waals surface area contributed by atoms with Crippen LogP contribution in [0.4, 0.5) is 0 Å². The van der Waals surface area contributed by atoms with Crippen LogP contribution in [-0.4, -0.2) is 42.5 Å². The van der Waals surface area contributed by atoms with Gasteiger partial charge in [0.15, 0.2) is 0 Å². The Balaban J connectivity index is 2.23. The first-order valence-corrected chi connectivity index (χ1v) is 6.74. The fourth-order valence-corrected chi connectivity index (χ4v) is 2.29. The summed E-state index contributed by atoms with van der Waals surface area (Å²) >= 11 is 0. The van der Waals surface area contributed by atoms with Crippen molar-refractivity contribution in [3.05, 3.63) is 35.6 Å². The molecular formula is C15H19NO5. The molecule has 3 N–H and O–H groups in total. The number of benzene rings is 1. The van der Waals surface area contributed by atoms with Crippen LogP contribution in [0.15, 0.2) is 28.7 Å². The van der Waals surface area contributed by atoms with Crippen molar-refractivity contribution >= 4 is 16.9 Å². The van der Waals surface area contributed by atoms with Crippen LogP contribution in [-0.2, 0) is 11.3 Å². The topological polar surface area (TPSA) is 91.9 Å². The van der Waals surface area contributed by atoms with Crippen LogP contribution in [0.5, 0.6) is 0 Å².